The lowest BCUT2D eigenvalue weighted by Crippen LogP contribution is -2.56. The fourth-order valence-corrected chi connectivity index (χ4v) is 7.78. The molecule has 1 fully saturated rings. The topological polar surface area (TPSA) is 88.1 Å². The van der Waals surface area contributed by atoms with Crippen LogP contribution in [0.1, 0.15) is 36.0 Å². The molecule has 1 atom stereocenters. The Balaban J connectivity index is 1.45. The number of aryl methyl sites for hydroxylation is 1. The van der Waals surface area contributed by atoms with Gasteiger partial charge in [-0.1, -0.05) is 18.2 Å². The van der Waals surface area contributed by atoms with Gasteiger partial charge in [-0.3, -0.25) is 0 Å². The Kier molecular flexibility index (Phi) is 10.9. The molecule has 0 aliphatic carbocycles. The zero-order chi connectivity index (χ0) is 36.3. The molecule has 1 unspecified atom stereocenters. The van der Waals surface area contributed by atoms with Crippen molar-refractivity contribution in [2.45, 2.75) is 48.8 Å². The number of aromatic nitrogens is 2. The van der Waals surface area contributed by atoms with E-state index in [2.05, 4.69) is 9.97 Å². The van der Waals surface area contributed by atoms with Crippen molar-refractivity contribution in [2.24, 2.45) is 0 Å². The fraction of sp³-hybridized carbons (Fsp3) is 0.371. The highest BCUT2D eigenvalue weighted by atomic mass is 32.2. The summed E-state index contributed by atoms with van der Waals surface area (Å²) in [5.74, 6) is -1.40. The van der Waals surface area contributed by atoms with Crippen LogP contribution in [0.15, 0.2) is 78.1 Å². The molecule has 50 heavy (non-hydrogen) atoms. The van der Waals surface area contributed by atoms with E-state index in [1.165, 1.54) is 32.5 Å². The van der Waals surface area contributed by atoms with Crippen LogP contribution in [0.3, 0.4) is 0 Å². The van der Waals surface area contributed by atoms with Crippen LogP contribution in [0.2, 0.25) is 0 Å². The van der Waals surface area contributed by atoms with Gasteiger partial charge in [0.1, 0.15) is 40.2 Å². The summed E-state index contributed by atoms with van der Waals surface area (Å²) in [6.45, 7) is 0.274. The number of halogens is 5. The fourth-order valence-electron chi connectivity index (χ4n) is 6.33. The highest BCUT2D eigenvalue weighted by Crippen LogP contribution is 2.38. The molecule has 1 aliphatic rings. The lowest BCUT2D eigenvalue weighted by molar-refractivity contribution is -0.137. The maximum atomic E-state index is 16.0. The predicted molar refractivity (Wildman–Crippen MR) is 179 cm³/mol. The highest BCUT2D eigenvalue weighted by molar-refractivity contribution is 7.92. The van der Waals surface area contributed by atoms with E-state index in [9.17, 15) is 21.6 Å². The van der Waals surface area contributed by atoms with E-state index in [1.54, 1.807) is 29.2 Å². The first-order chi connectivity index (χ1) is 23.7. The van der Waals surface area contributed by atoms with E-state index in [0.717, 1.165) is 28.8 Å². The number of anilines is 2. The molecule has 0 N–H and O–H groups in total. The second-order valence-electron chi connectivity index (χ2n) is 12.3. The summed E-state index contributed by atoms with van der Waals surface area (Å²) >= 11 is 0. The number of rotatable bonds is 12. The van der Waals surface area contributed by atoms with Gasteiger partial charge in [-0.05, 0) is 69.6 Å². The molecular weight excluding hydrogens is 681 g/mol. The summed E-state index contributed by atoms with van der Waals surface area (Å²) in [5, 5.41) is 0. The molecule has 15 heteroatoms. The minimum absolute atomic E-state index is 0.0747. The van der Waals surface area contributed by atoms with Gasteiger partial charge in [-0.25, -0.2) is 31.5 Å². The van der Waals surface area contributed by atoms with Gasteiger partial charge in [0.25, 0.3) is 10.0 Å². The minimum atomic E-state index is -4.75. The van der Waals surface area contributed by atoms with Gasteiger partial charge in [-0.2, -0.15) is 13.2 Å². The van der Waals surface area contributed by atoms with Crippen LogP contribution in [0, 0.1) is 11.6 Å². The van der Waals surface area contributed by atoms with Crippen LogP contribution < -0.4 is 18.7 Å². The van der Waals surface area contributed by atoms with Crippen molar-refractivity contribution in [3.05, 3.63) is 102 Å². The van der Waals surface area contributed by atoms with Crippen molar-refractivity contribution in [2.75, 3.05) is 50.6 Å². The second-order valence-corrected chi connectivity index (χ2v) is 14.2. The number of hydrogen-bond acceptors (Lipinski definition) is 8. The summed E-state index contributed by atoms with van der Waals surface area (Å²) in [6, 6.07) is 12.9. The summed E-state index contributed by atoms with van der Waals surface area (Å²) in [4.78, 5) is 10.7. The molecule has 268 valence electrons. The molecule has 3 aromatic carbocycles. The lowest BCUT2D eigenvalue weighted by Gasteiger charge is -2.48. The average Bonchev–Trinajstić information content (AvgIpc) is 3.10. The second kappa shape index (κ2) is 14.8. The van der Waals surface area contributed by atoms with Crippen LogP contribution in [-0.2, 0) is 29.2 Å². The van der Waals surface area contributed by atoms with Crippen LogP contribution in [-0.4, -0.2) is 70.2 Å². The average molecular weight is 720 g/mol. The third kappa shape index (κ3) is 7.78. The third-order valence-corrected chi connectivity index (χ3v) is 10.9. The maximum absolute atomic E-state index is 16.0. The summed E-state index contributed by atoms with van der Waals surface area (Å²) < 4.78 is 112. The Labute approximate surface area is 288 Å². The first-order valence-corrected chi connectivity index (χ1v) is 17.2. The Bertz CT molecular complexity index is 1910. The highest BCUT2D eigenvalue weighted by Gasteiger charge is 2.39. The number of methoxy groups -OCH3 is 2. The quantitative estimate of drug-likeness (QED) is 0.149. The Hall–Kier alpha value is -4.50. The monoisotopic (exact) mass is 719 g/mol. The van der Waals surface area contributed by atoms with Gasteiger partial charge in [0.05, 0.1) is 32.0 Å². The summed E-state index contributed by atoms with van der Waals surface area (Å²) in [7, 11) is 1.83. The number of alkyl halides is 3. The Morgan fingerprint density at radius 1 is 0.980 bits per heavy atom. The van der Waals surface area contributed by atoms with Crippen molar-refractivity contribution < 1.29 is 39.8 Å². The molecule has 1 aliphatic heterocycles. The SMILES string of the molecule is COc1ccc(CN(c2ccncn2)S(=O)(=O)c2cc(F)c(N3CCCC(CCc4cccc(C(F)(F)F)c4)(N(C)C)C3)cc2F)c(OC)c1. The van der Waals surface area contributed by atoms with Crippen LogP contribution in [0.25, 0.3) is 0 Å². The number of piperidine rings is 1. The number of benzene rings is 3. The van der Waals surface area contributed by atoms with Gasteiger partial charge in [-0.15, -0.1) is 0 Å². The minimum Gasteiger partial charge on any atom is -0.497 e. The first-order valence-electron chi connectivity index (χ1n) is 15.8. The number of likely N-dealkylation sites (N-methyl/N-ethyl adjacent to an activating group) is 1. The van der Waals surface area contributed by atoms with E-state index in [4.69, 9.17) is 9.47 Å². The molecular formula is C35H38F5N5O4S. The van der Waals surface area contributed by atoms with Crippen molar-refractivity contribution in [3.8, 4) is 11.5 Å². The molecule has 9 nitrogen and oxygen atoms in total. The van der Waals surface area contributed by atoms with Crippen molar-refractivity contribution in [1.29, 1.82) is 0 Å². The molecule has 5 rings (SSSR count). The first kappa shape index (κ1) is 36.8. The van der Waals surface area contributed by atoms with Gasteiger partial charge in [0.2, 0.25) is 0 Å². The van der Waals surface area contributed by atoms with E-state index < -0.39 is 43.8 Å². The zero-order valence-electron chi connectivity index (χ0n) is 28.0. The van der Waals surface area contributed by atoms with E-state index >= 15 is 8.78 Å². The van der Waals surface area contributed by atoms with Crippen LogP contribution >= 0.6 is 0 Å². The number of ether oxygens (including phenoxy) is 2. The molecule has 2 heterocycles. The normalized spacial score (nSPS) is 16.8. The van der Waals surface area contributed by atoms with E-state index in [0.29, 0.717) is 60.9 Å². The summed E-state index contributed by atoms with van der Waals surface area (Å²) in [6.07, 6.45) is 0.0628. The third-order valence-electron chi connectivity index (χ3n) is 9.18. The van der Waals surface area contributed by atoms with Crippen molar-refractivity contribution in [3.63, 3.8) is 0 Å². The smallest absolute Gasteiger partial charge is 0.416 e. The number of nitrogens with zero attached hydrogens (tertiary/aromatic N) is 5. The van der Waals surface area contributed by atoms with Gasteiger partial charge in [0, 0.05) is 48.6 Å². The molecule has 0 saturated carbocycles. The van der Waals surface area contributed by atoms with Gasteiger partial charge < -0.3 is 19.3 Å². The standard InChI is InChI=1S/C35H38F5N5O4S/c1-43(2)34(14-11-24-7-5-8-26(17-24)35(38,39)40)13-6-16-44(22-34)30-19-29(37)32(20-28(30)36)50(46,47)45(33-12-15-41-23-42-33)21-25-9-10-27(48-3)18-31(25)49-4/h5,7-10,12,15,17-20,23H,6,11,13-14,16,21-22H2,1-4H3. The zero-order valence-corrected chi connectivity index (χ0v) is 28.9. The molecule has 0 radical (unpaired) electrons. The number of sulfonamides is 1. The van der Waals surface area contributed by atoms with Crippen LogP contribution in [0.4, 0.5) is 33.5 Å². The number of hydrogen-bond donors (Lipinski definition) is 0. The molecule has 0 bridgehead atoms. The molecule has 0 amide bonds. The van der Waals surface area contributed by atoms with E-state index in [1.807, 2.05) is 19.0 Å². The lowest BCUT2D eigenvalue weighted by atomic mass is 9.82. The van der Waals surface area contributed by atoms with E-state index in [-0.39, 0.29) is 24.6 Å². The van der Waals surface area contributed by atoms with Gasteiger partial charge in [0.15, 0.2) is 0 Å². The Morgan fingerprint density at radius 2 is 1.76 bits per heavy atom. The molecule has 4 aromatic rings. The predicted octanol–water partition coefficient (Wildman–Crippen LogP) is 6.72. The maximum Gasteiger partial charge on any atom is 0.416 e. The molecule has 1 saturated heterocycles. The molecule has 1 aromatic heterocycles. The summed E-state index contributed by atoms with van der Waals surface area (Å²) in [5.41, 5.74) is -0.497. The van der Waals surface area contributed by atoms with Crippen LogP contribution in [0.5, 0.6) is 11.5 Å². The molecule has 0 spiro atoms. The van der Waals surface area contributed by atoms with Gasteiger partial charge >= 0.3 is 6.18 Å². The largest absolute Gasteiger partial charge is 0.497 e. The van der Waals surface area contributed by atoms with Crippen molar-refractivity contribution >= 4 is 21.5 Å². The Morgan fingerprint density at radius 3 is 2.42 bits per heavy atom. The van der Waals surface area contributed by atoms with Crippen molar-refractivity contribution in [1.82, 2.24) is 14.9 Å².